The molecule has 4 aromatic rings. The lowest BCUT2D eigenvalue weighted by Crippen LogP contribution is -2.27. The standard InChI is InChI=1S/C28H31N5O7/c1-28(2,3)40-27(35)32-23-13-6-5-12-20(23)21-17-22(26(34)29-14-7-4-8-15-39-31-36)30-24(25(21)32)18-10-9-11-19(16-18)33(37)38/h5-6,9-13,16-17,31,36H,4,7-8,14-15H2,1-3H3,(H,29,34). The predicted molar refractivity (Wildman–Crippen MR) is 148 cm³/mol. The number of nitro benzene ring substituents is 1. The summed E-state index contributed by atoms with van der Waals surface area (Å²) in [6, 6.07) is 14.7. The Labute approximate surface area is 230 Å². The first-order chi connectivity index (χ1) is 19.1. The normalized spacial score (nSPS) is 11.6. The van der Waals surface area contributed by atoms with E-state index in [4.69, 9.17) is 9.94 Å². The van der Waals surface area contributed by atoms with Crippen LogP contribution in [0.4, 0.5) is 10.5 Å². The summed E-state index contributed by atoms with van der Waals surface area (Å²) in [6.45, 7) is 6.00. The Bertz CT molecular complexity index is 1560. The van der Waals surface area contributed by atoms with E-state index in [9.17, 15) is 19.7 Å². The van der Waals surface area contributed by atoms with Gasteiger partial charge in [0.15, 0.2) is 0 Å². The number of nitrogens with zero attached hydrogens (tertiary/aromatic N) is 3. The van der Waals surface area contributed by atoms with Gasteiger partial charge in [-0.15, -0.1) is 0 Å². The van der Waals surface area contributed by atoms with Crippen molar-refractivity contribution < 1.29 is 29.3 Å². The van der Waals surface area contributed by atoms with E-state index in [1.807, 2.05) is 12.1 Å². The van der Waals surface area contributed by atoms with Crippen molar-refractivity contribution in [1.29, 1.82) is 0 Å². The van der Waals surface area contributed by atoms with E-state index >= 15 is 0 Å². The summed E-state index contributed by atoms with van der Waals surface area (Å²) in [7, 11) is 0. The van der Waals surface area contributed by atoms with Crippen LogP contribution in [0.1, 0.15) is 50.5 Å². The number of hydrogen-bond donors (Lipinski definition) is 3. The monoisotopic (exact) mass is 549 g/mol. The molecular weight excluding hydrogens is 518 g/mol. The van der Waals surface area contributed by atoms with Crippen LogP contribution in [0.25, 0.3) is 33.1 Å². The summed E-state index contributed by atoms with van der Waals surface area (Å²) >= 11 is 0. The van der Waals surface area contributed by atoms with E-state index in [1.54, 1.807) is 50.7 Å². The largest absolute Gasteiger partial charge is 0.443 e. The second-order valence-corrected chi connectivity index (χ2v) is 10.1. The lowest BCUT2D eigenvalue weighted by Gasteiger charge is -2.20. The minimum absolute atomic E-state index is 0.105. The maximum atomic E-state index is 13.5. The van der Waals surface area contributed by atoms with Gasteiger partial charge in [-0.3, -0.25) is 25.0 Å². The lowest BCUT2D eigenvalue weighted by molar-refractivity contribution is -0.384. The fraction of sp³-hybridized carbons (Fsp3) is 0.321. The number of para-hydroxylation sites is 1. The third-order valence-electron chi connectivity index (χ3n) is 6.06. The summed E-state index contributed by atoms with van der Waals surface area (Å²) < 4.78 is 7.12. The Kier molecular flexibility index (Phi) is 8.73. The highest BCUT2D eigenvalue weighted by Crippen LogP contribution is 2.37. The van der Waals surface area contributed by atoms with Crippen LogP contribution in [0.5, 0.6) is 0 Å². The smallest absolute Gasteiger partial charge is 0.419 e. The number of rotatable bonds is 10. The number of nitrogens with one attached hydrogen (secondary N) is 2. The lowest BCUT2D eigenvalue weighted by atomic mass is 10.1. The van der Waals surface area contributed by atoms with Gasteiger partial charge in [-0.2, -0.15) is 0 Å². The number of amides is 1. The average molecular weight is 550 g/mol. The van der Waals surface area contributed by atoms with Crippen molar-refractivity contribution in [1.82, 2.24) is 20.5 Å². The molecule has 0 atom stereocenters. The van der Waals surface area contributed by atoms with Crippen LogP contribution >= 0.6 is 0 Å². The van der Waals surface area contributed by atoms with Crippen molar-refractivity contribution in [3.05, 3.63) is 70.4 Å². The fourth-order valence-corrected chi connectivity index (χ4v) is 4.38. The van der Waals surface area contributed by atoms with Gasteiger partial charge in [-0.05, 0) is 52.2 Å². The zero-order valence-corrected chi connectivity index (χ0v) is 22.5. The molecule has 2 aromatic heterocycles. The molecule has 12 nitrogen and oxygen atoms in total. The number of carbonyl (C=O) groups is 2. The molecule has 1 amide bonds. The zero-order chi connectivity index (χ0) is 28.9. The molecule has 0 radical (unpaired) electrons. The molecule has 12 heteroatoms. The number of nitro groups is 1. The highest BCUT2D eigenvalue weighted by molar-refractivity contribution is 6.17. The van der Waals surface area contributed by atoms with Gasteiger partial charge < -0.3 is 10.1 Å². The molecule has 0 fully saturated rings. The molecular formula is C28H31N5O7. The second-order valence-electron chi connectivity index (χ2n) is 10.1. The van der Waals surface area contributed by atoms with Crippen molar-refractivity contribution in [2.24, 2.45) is 0 Å². The maximum absolute atomic E-state index is 13.5. The summed E-state index contributed by atoms with van der Waals surface area (Å²) in [5.74, 6) is -0.420. The molecule has 0 bridgehead atoms. The van der Waals surface area contributed by atoms with Crippen LogP contribution in [0.3, 0.4) is 0 Å². The first-order valence-corrected chi connectivity index (χ1v) is 12.8. The van der Waals surface area contributed by atoms with Gasteiger partial charge in [0, 0.05) is 35.0 Å². The number of benzene rings is 2. The molecule has 0 aliphatic heterocycles. The summed E-state index contributed by atoms with van der Waals surface area (Å²) in [4.78, 5) is 47.0. The molecule has 0 spiro atoms. The molecule has 2 aromatic carbocycles. The number of non-ortho nitro benzene ring substituents is 1. The van der Waals surface area contributed by atoms with E-state index in [1.165, 1.54) is 22.8 Å². The van der Waals surface area contributed by atoms with Crippen LogP contribution in [0.15, 0.2) is 54.6 Å². The van der Waals surface area contributed by atoms with Crippen LogP contribution in [-0.4, -0.2) is 50.4 Å². The predicted octanol–water partition coefficient (Wildman–Crippen LogP) is 5.36. The Balaban J connectivity index is 1.84. The van der Waals surface area contributed by atoms with Crippen molar-refractivity contribution in [2.75, 3.05) is 13.2 Å². The molecule has 3 N–H and O–H groups in total. The Morgan fingerprint density at radius 1 is 1.05 bits per heavy atom. The zero-order valence-electron chi connectivity index (χ0n) is 22.5. The Hall–Kier alpha value is -4.39. The quantitative estimate of drug-likeness (QED) is 0.134. The van der Waals surface area contributed by atoms with Gasteiger partial charge in [0.05, 0.1) is 28.3 Å². The molecule has 210 valence electrons. The van der Waals surface area contributed by atoms with Crippen molar-refractivity contribution >= 4 is 39.5 Å². The highest BCUT2D eigenvalue weighted by Gasteiger charge is 2.27. The number of carbonyl (C=O) groups excluding carboxylic acids is 2. The third-order valence-corrected chi connectivity index (χ3v) is 6.06. The highest BCUT2D eigenvalue weighted by atomic mass is 16.8. The van der Waals surface area contributed by atoms with E-state index in [2.05, 4.69) is 15.1 Å². The first-order valence-electron chi connectivity index (χ1n) is 12.8. The first kappa shape index (κ1) is 28.6. The molecule has 0 aliphatic carbocycles. The molecule has 2 heterocycles. The maximum Gasteiger partial charge on any atom is 0.419 e. The number of fused-ring (bicyclic) bond motifs is 3. The molecule has 40 heavy (non-hydrogen) atoms. The molecule has 0 saturated heterocycles. The van der Waals surface area contributed by atoms with Gasteiger partial charge in [0.2, 0.25) is 0 Å². The van der Waals surface area contributed by atoms with E-state index < -0.39 is 22.5 Å². The van der Waals surface area contributed by atoms with Crippen LogP contribution < -0.4 is 11.0 Å². The molecule has 0 aliphatic rings. The van der Waals surface area contributed by atoms with Crippen LogP contribution in [-0.2, 0) is 9.57 Å². The number of ether oxygens (including phenoxy) is 1. The molecule has 0 unspecified atom stereocenters. The minimum atomic E-state index is -0.783. The van der Waals surface area contributed by atoms with Gasteiger partial charge >= 0.3 is 6.09 Å². The number of pyridine rings is 1. The van der Waals surface area contributed by atoms with Crippen molar-refractivity contribution in [3.63, 3.8) is 0 Å². The van der Waals surface area contributed by atoms with Gasteiger partial charge in [0.1, 0.15) is 11.3 Å². The molecule has 0 saturated carbocycles. The summed E-state index contributed by atoms with van der Waals surface area (Å²) in [6.07, 6.45) is 1.49. The van der Waals surface area contributed by atoms with Crippen LogP contribution in [0.2, 0.25) is 0 Å². The van der Waals surface area contributed by atoms with Gasteiger partial charge in [-0.1, -0.05) is 36.0 Å². The fourth-order valence-electron chi connectivity index (χ4n) is 4.38. The minimum Gasteiger partial charge on any atom is -0.443 e. The third kappa shape index (κ3) is 6.42. The summed E-state index contributed by atoms with van der Waals surface area (Å²) in [5.41, 5.74) is 2.34. The van der Waals surface area contributed by atoms with Gasteiger partial charge in [-0.25, -0.2) is 14.3 Å². The Morgan fingerprint density at radius 2 is 1.82 bits per heavy atom. The number of aromatic nitrogens is 2. The van der Waals surface area contributed by atoms with E-state index in [0.29, 0.717) is 53.4 Å². The molecule has 4 rings (SSSR count). The van der Waals surface area contributed by atoms with E-state index in [0.717, 1.165) is 6.42 Å². The van der Waals surface area contributed by atoms with Crippen molar-refractivity contribution in [2.45, 2.75) is 45.6 Å². The second kappa shape index (κ2) is 12.2. The number of unbranched alkanes of at least 4 members (excludes halogenated alkanes) is 2. The van der Waals surface area contributed by atoms with Crippen LogP contribution in [0, 0.1) is 10.1 Å². The Morgan fingerprint density at radius 3 is 2.55 bits per heavy atom. The average Bonchev–Trinajstić information content (AvgIpc) is 3.25. The summed E-state index contributed by atoms with van der Waals surface area (Å²) in [5, 5.41) is 24.1. The number of hydrogen-bond acceptors (Lipinski definition) is 9. The van der Waals surface area contributed by atoms with Gasteiger partial charge in [0.25, 0.3) is 11.6 Å². The topological polar surface area (TPSA) is 158 Å². The van der Waals surface area contributed by atoms with E-state index in [-0.39, 0.29) is 17.1 Å². The SMILES string of the molecule is CC(C)(C)OC(=O)n1c2ccccc2c2cc(C(=O)NCCCCCONO)nc(-c3cccc([N+](=O)[O-])c3)c21. The van der Waals surface area contributed by atoms with Crippen molar-refractivity contribution in [3.8, 4) is 11.3 Å².